The van der Waals surface area contributed by atoms with Gasteiger partial charge in [0.05, 0.1) is 0 Å². The number of carbonyl (C=O) groups is 2. The van der Waals surface area contributed by atoms with E-state index in [9.17, 15) is 9.59 Å². The lowest BCUT2D eigenvalue weighted by Crippen LogP contribution is -2.26. The fourth-order valence-corrected chi connectivity index (χ4v) is 4.23. The van der Waals surface area contributed by atoms with Crippen molar-refractivity contribution in [1.82, 2.24) is 0 Å². The highest BCUT2D eigenvalue weighted by molar-refractivity contribution is 5.84. The molecule has 0 saturated heterocycles. The van der Waals surface area contributed by atoms with Crippen molar-refractivity contribution in [3.05, 3.63) is 0 Å². The minimum atomic E-state index is -0.386. The Hall–Kier alpha value is -15.4. The van der Waals surface area contributed by atoms with Crippen LogP contribution in [0, 0.1) is 407 Å². The fourth-order valence-electron chi connectivity index (χ4n) is 4.23. The number of esters is 1. The predicted octanol–water partition coefficient (Wildman–Crippen LogP) is 8.52. The average molecular weight is 1250 g/mol. The van der Waals surface area contributed by atoms with Crippen LogP contribution in [0.3, 0.4) is 0 Å². The monoisotopic (exact) mass is 1250 g/mol. The first-order valence-corrected chi connectivity index (χ1v) is 28.9. The maximum atomic E-state index is 11.6. The van der Waals surface area contributed by atoms with E-state index < -0.39 is 0 Å². The van der Waals surface area contributed by atoms with Crippen LogP contribution >= 0.6 is 0 Å². The highest BCUT2D eigenvalue weighted by Gasteiger charge is 2.27. The van der Waals surface area contributed by atoms with Crippen molar-refractivity contribution < 1.29 is 19.1 Å². The largest absolute Gasteiger partial charge is 0.460 e. The lowest BCUT2D eigenvalue weighted by Gasteiger charge is -2.26. The van der Waals surface area contributed by atoms with Gasteiger partial charge in [0.15, 0.2) is 0 Å². The highest BCUT2D eigenvalue weighted by atomic mass is 16.6. The van der Waals surface area contributed by atoms with Crippen LogP contribution in [-0.4, -0.2) is 30.6 Å². The van der Waals surface area contributed by atoms with Crippen LogP contribution < -0.4 is 0 Å². The molecule has 0 N–H and O–H groups in total. The minimum Gasteiger partial charge on any atom is -0.460 e. The van der Waals surface area contributed by atoms with Gasteiger partial charge in [-0.1, -0.05) is 87.0 Å². The smallest absolute Gasteiger partial charge is 0.306 e. The van der Waals surface area contributed by atoms with Crippen LogP contribution in [0.2, 0.25) is 0 Å². The topological polar surface area (TPSA) is 52.6 Å². The number of rotatable bonds is 11. The zero-order chi connectivity index (χ0) is 72.9. The molecule has 0 aromatic carbocycles. The highest BCUT2D eigenvalue weighted by Crippen LogP contribution is 2.30. The Morgan fingerprint density at radius 2 is 0.449 bits per heavy atom. The van der Waals surface area contributed by atoms with Crippen molar-refractivity contribution in [2.24, 2.45) is 16.2 Å². The van der Waals surface area contributed by atoms with Crippen LogP contribution in [0.25, 0.3) is 0 Å². The summed E-state index contributed by atoms with van der Waals surface area (Å²) >= 11 is 0. The van der Waals surface area contributed by atoms with E-state index in [1.807, 2.05) is 41.5 Å². The lowest BCUT2D eigenvalue weighted by atomic mass is 9.78. The second-order valence-electron chi connectivity index (χ2n) is 20.4. The Labute approximate surface area is 588 Å². The van der Waals surface area contributed by atoms with Crippen LogP contribution in [0.1, 0.15) is 135 Å². The Kier molecular flexibility index (Phi) is 57.2. The van der Waals surface area contributed by atoms with E-state index in [4.69, 9.17) is 9.47 Å². The molecule has 0 aliphatic carbocycles. The molecule has 0 unspecified atom stereocenters. The molecular formula is C94H58O4. The molecule has 0 aliphatic heterocycles. The van der Waals surface area contributed by atoms with Crippen LogP contribution in [0.15, 0.2) is 0 Å². The molecular weight excluding hydrogens is 1190 g/mol. The summed E-state index contributed by atoms with van der Waals surface area (Å²) in [5, 5.41) is 0. The number of ether oxygens (including phenoxy) is 2. The third kappa shape index (κ3) is 76.7. The van der Waals surface area contributed by atoms with E-state index in [1.54, 1.807) is 13.8 Å². The normalized spacial score (nSPS) is 6.67. The van der Waals surface area contributed by atoms with Crippen molar-refractivity contribution >= 4 is 11.8 Å². The van der Waals surface area contributed by atoms with Gasteiger partial charge in [-0.05, 0) is 153 Å². The standard InChI is InChI=1S/C68H6.C15H30O3.C11H22O/c1-3-5-7-9-11-13-15-17-19-21-23-25-27-29-31-33-35-37-39-41-43-45-47-49-51-53-55-57-59-61-63-65-67-68-66-64-62-60-58-56-54-52-50-48-46-44-42-40-38-36-34-32-30-28-26-24-22-20-18-16-14-12-10-8-6-4-2;1-7-15(5,6)10-12-17-11-8-9-13(16)18-14(2,3)4;1-7-11(5,6)8-9(12)10(2,3)4/h1-2H3;7-12H2,1-6H3;7-8H2,1-6H3. The van der Waals surface area contributed by atoms with Crippen LogP contribution in [-0.2, 0) is 19.1 Å². The van der Waals surface area contributed by atoms with E-state index in [0.717, 1.165) is 32.3 Å². The van der Waals surface area contributed by atoms with Crippen molar-refractivity contribution in [1.29, 1.82) is 0 Å². The summed E-state index contributed by atoms with van der Waals surface area (Å²) in [4.78, 5) is 23.1. The van der Waals surface area contributed by atoms with Crippen molar-refractivity contribution in [3.63, 3.8) is 0 Å². The molecule has 0 bridgehead atoms. The molecule has 0 spiro atoms. The van der Waals surface area contributed by atoms with E-state index in [2.05, 4.69) is 432 Å². The summed E-state index contributed by atoms with van der Waals surface area (Å²) in [7, 11) is 0. The maximum Gasteiger partial charge on any atom is 0.306 e. The molecule has 0 saturated carbocycles. The van der Waals surface area contributed by atoms with Gasteiger partial charge >= 0.3 is 5.97 Å². The first-order chi connectivity index (χ1) is 47.3. The third-order valence-electron chi connectivity index (χ3n) is 9.59. The summed E-state index contributed by atoms with van der Waals surface area (Å²) in [6.45, 7) is 29.5. The molecule has 98 heavy (non-hydrogen) atoms. The molecule has 0 aliphatic rings. The van der Waals surface area contributed by atoms with E-state index >= 15 is 0 Å². The Morgan fingerprint density at radius 3 is 0.602 bits per heavy atom. The number of Topliss-reactive ketones (excluding diaryl/α,β-unsaturated/α-hetero) is 1. The van der Waals surface area contributed by atoms with Gasteiger partial charge in [-0.15, -0.1) is 0 Å². The summed E-state index contributed by atoms with van der Waals surface area (Å²) in [6.07, 6.45) is 5.17. The number of ketones is 1. The van der Waals surface area contributed by atoms with E-state index in [0.29, 0.717) is 30.6 Å². The number of hydrogen-bond donors (Lipinski definition) is 0. The predicted molar refractivity (Wildman–Crippen MR) is 396 cm³/mol. The molecule has 0 radical (unpaired) electrons. The Balaban J connectivity index is -0.00000245. The Bertz CT molecular complexity index is 5000. The molecule has 0 heterocycles. The molecule has 0 rings (SSSR count). The molecule has 0 fully saturated rings. The SMILES string of the molecule is CC#CC#CC#CC#CC#CC#CC#CC#CC#CC#CC#CC#CC#CC#CC#CC#CC#CC#CC#CC#CC#CC#CC#CC#CC#CC#CC#CC#CC#CC#CC#CC#CC#CC.CCC(C)(C)CC(=O)C(C)(C)C.CCC(C)(C)CCOCCCC(=O)OC(C)(C)C. The molecule has 0 aromatic rings. The summed E-state index contributed by atoms with van der Waals surface area (Å²) in [5.74, 6) is 166. The maximum absolute atomic E-state index is 11.6. The van der Waals surface area contributed by atoms with Crippen molar-refractivity contribution in [2.45, 2.75) is 141 Å². The molecule has 4 nitrogen and oxygen atoms in total. The molecule has 0 amide bonds. The molecule has 458 valence electrons. The van der Waals surface area contributed by atoms with Crippen molar-refractivity contribution in [2.75, 3.05) is 13.2 Å². The minimum absolute atomic E-state index is 0.139. The van der Waals surface area contributed by atoms with Gasteiger partial charge in [0.1, 0.15) is 11.4 Å². The fraction of sp³-hybridized carbons (Fsp3) is 0.277. The van der Waals surface area contributed by atoms with Crippen LogP contribution in [0.4, 0.5) is 0 Å². The third-order valence-corrected chi connectivity index (χ3v) is 9.59. The van der Waals surface area contributed by atoms with Gasteiger partial charge in [-0.25, -0.2) is 0 Å². The Morgan fingerprint density at radius 1 is 0.265 bits per heavy atom. The second-order valence-corrected chi connectivity index (χ2v) is 20.4. The molecule has 4 heteroatoms. The first kappa shape index (κ1) is 86.8. The summed E-state index contributed by atoms with van der Waals surface area (Å²) < 4.78 is 10.8. The van der Waals surface area contributed by atoms with Crippen LogP contribution in [0.5, 0.6) is 0 Å². The zero-order valence-corrected chi connectivity index (χ0v) is 57.3. The van der Waals surface area contributed by atoms with E-state index in [1.165, 1.54) is 0 Å². The van der Waals surface area contributed by atoms with Gasteiger partial charge in [0, 0.05) is 316 Å². The summed E-state index contributed by atoms with van der Waals surface area (Å²) in [6, 6.07) is 0. The molecule has 0 aromatic heterocycles. The summed E-state index contributed by atoms with van der Waals surface area (Å²) in [5.41, 5.74) is -0.0366. The van der Waals surface area contributed by atoms with Gasteiger partial charge in [-0.3, -0.25) is 9.59 Å². The van der Waals surface area contributed by atoms with Crippen molar-refractivity contribution in [3.8, 4) is 391 Å². The lowest BCUT2D eigenvalue weighted by molar-refractivity contribution is -0.155. The number of carbonyl (C=O) groups excluding carboxylic acids is 2. The average Bonchev–Trinajstić information content (AvgIpc) is 0.935. The molecule has 0 atom stereocenters. The zero-order valence-electron chi connectivity index (χ0n) is 57.3. The second kappa shape index (κ2) is 64.6. The van der Waals surface area contributed by atoms with E-state index in [-0.39, 0.29) is 22.4 Å². The number of hydrogen-bond acceptors (Lipinski definition) is 4. The van der Waals surface area contributed by atoms with Gasteiger partial charge in [0.25, 0.3) is 0 Å². The van der Waals surface area contributed by atoms with Gasteiger partial charge in [-0.2, -0.15) is 0 Å². The van der Waals surface area contributed by atoms with Gasteiger partial charge < -0.3 is 9.47 Å². The quantitative estimate of drug-likeness (QED) is 0.118. The van der Waals surface area contributed by atoms with Gasteiger partial charge in [0.2, 0.25) is 0 Å². The first-order valence-electron chi connectivity index (χ1n) is 28.9.